The van der Waals surface area contributed by atoms with Gasteiger partial charge in [0.15, 0.2) is 0 Å². The van der Waals surface area contributed by atoms with Gasteiger partial charge in [-0.2, -0.15) is 0 Å². The molecule has 4 N–H and O–H groups in total. The van der Waals surface area contributed by atoms with E-state index in [2.05, 4.69) is 103 Å². The molecular formula is C54H84Cl2N2O8. The topological polar surface area (TPSA) is 166 Å². The first-order valence-corrected chi connectivity index (χ1v) is 24.9. The van der Waals surface area contributed by atoms with Gasteiger partial charge in [-0.15, -0.1) is 0 Å². The van der Waals surface area contributed by atoms with Crippen LogP contribution >= 0.6 is 23.2 Å². The molecule has 0 aromatic heterocycles. The van der Waals surface area contributed by atoms with E-state index in [0.717, 1.165) is 78.1 Å². The average Bonchev–Trinajstić information content (AvgIpc) is 3.63. The second-order valence-corrected chi connectivity index (χ2v) is 23.1. The van der Waals surface area contributed by atoms with Crippen molar-refractivity contribution in [1.82, 2.24) is 0 Å². The lowest BCUT2D eigenvalue weighted by atomic mass is 9.64. The maximum Gasteiger partial charge on any atom is 0.307 e. The standard InChI is InChI=1S/C28H43ClO4.C20H32ClNO.C6H9NO3/c1-7-33-25(32)10-8-9-22(31)18-28(16-15-27(5,6)24(28)19-30)21-12-11-20(23(29)17-21)13-14-26(2,3)4;1-18(2,3)9-8-14-6-7-15(12-16(14)21)20(22)11-10-19(4,5)17(20)13-23;1-2-10-6(9)3-4-7-5-8/h11-12,17,24,30H,7-10,13-16,18-19H2,1-6H3;6-7,12,17,23H,8-11,13,22H2,1-5H3;2-4H2,1H3. The summed E-state index contributed by atoms with van der Waals surface area (Å²) in [5.74, 6) is -0.431. The number of rotatable bonds is 19. The molecule has 2 fully saturated rings. The molecule has 2 aliphatic rings. The first-order chi connectivity index (χ1) is 30.6. The number of ketones is 1. The van der Waals surface area contributed by atoms with E-state index in [1.807, 2.05) is 12.1 Å². The first-order valence-electron chi connectivity index (χ1n) is 24.1. The average molecular weight is 960 g/mol. The number of ether oxygens (including phenoxy) is 2. The number of benzene rings is 2. The second kappa shape index (κ2) is 26.0. The SMILES string of the molecule is CC(C)(C)CCc1ccc(C2(N)CCC(C)(C)C2CO)cc1Cl.CCOC(=O)CCCC(=O)CC1(c2ccc(CCC(C)(C)C)c(Cl)c2)CCC(C)(C)C1CO.CCOC(=O)CCN=C=O. The van der Waals surface area contributed by atoms with E-state index >= 15 is 0 Å². The van der Waals surface area contributed by atoms with Crippen molar-refractivity contribution in [3.8, 4) is 0 Å². The quantitative estimate of drug-likeness (QED) is 0.0706. The molecule has 0 radical (unpaired) electrons. The molecule has 4 unspecified atom stereocenters. The number of aliphatic hydroxyl groups is 2. The van der Waals surface area contributed by atoms with Gasteiger partial charge in [0, 0.05) is 59.4 Å². The number of carbonyl (C=O) groups excluding carboxylic acids is 4. The summed E-state index contributed by atoms with van der Waals surface area (Å²) in [7, 11) is 0. The van der Waals surface area contributed by atoms with Gasteiger partial charge >= 0.3 is 11.9 Å². The third-order valence-electron chi connectivity index (χ3n) is 13.9. The van der Waals surface area contributed by atoms with Crippen molar-refractivity contribution in [3.63, 3.8) is 0 Å². The van der Waals surface area contributed by atoms with Crippen LogP contribution in [0, 0.1) is 33.5 Å². The fourth-order valence-corrected chi connectivity index (χ4v) is 10.3. The number of carbonyl (C=O) groups is 3. The van der Waals surface area contributed by atoms with Gasteiger partial charge < -0.3 is 25.4 Å². The lowest BCUT2D eigenvalue weighted by Crippen LogP contribution is -2.45. The Morgan fingerprint density at radius 2 is 1.20 bits per heavy atom. The largest absolute Gasteiger partial charge is 0.466 e. The van der Waals surface area contributed by atoms with E-state index in [1.54, 1.807) is 13.8 Å². The zero-order valence-corrected chi connectivity index (χ0v) is 44.0. The van der Waals surface area contributed by atoms with E-state index in [1.165, 1.54) is 11.6 Å². The minimum Gasteiger partial charge on any atom is -0.466 e. The Morgan fingerprint density at radius 3 is 1.67 bits per heavy atom. The lowest BCUT2D eigenvalue weighted by molar-refractivity contribution is -0.144. The fraction of sp³-hybridized carbons (Fsp3) is 0.704. The number of aryl methyl sites for hydroxylation is 2. The van der Waals surface area contributed by atoms with Crippen LogP contribution in [0.3, 0.4) is 0 Å². The van der Waals surface area contributed by atoms with Crippen molar-refractivity contribution in [1.29, 1.82) is 0 Å². The van der Waals surface area contributed by atoms with E-state index in [0.29, 0.717) is 37.9 Å². The Morgan fingerprint density at radius 1 is 0.727 bits per heavy atom. The van der Waals surface area contributed by atoms with Gasteiger partial charge in [-0.1, -0.05) is 117 Å². The Kier molecular flexibility index (Phi) is 23.3. The zero-order chi connectivity index (χ0) is 50.1. The molecule has 0 amide bonds. The molecule has 2 aromatic rings. The normalized spacial score (nSPS) is 22.0. The van der Waals surface area contributed by atoms with Crippen LogP contribution in [0.1, 0.15) is 176 Å². The smallest absolute Gasteiger partial charge is 0.307 e. The predicted octanol–water partition coefficient (Wildman–Crippen LogP) is 11.9. The number of isocyanates is 1. The van der Waals surface area contributed by atoms with Gasteiger partial charge in [0.25, 0.3) is 0 Å². The third kappa shape index (κ3) is 17.8. The van der Waals surface area contributed by atoms with Gasteiger partial charge in [-0.3, -0.25) is 14.4 Å². The number of hydrogen-bond donors (Lipinski definition) is 3. The van der Waals surface area contributed by atoms with Crippen LogP contribution in [0.15, 0.2) is 41.4 Å². The molecule has 66 heavy (non-hydrogen) atoms. The Balaban J connectivity index is 0.000000391. The Bertz CT molecular complexity index is 1930. The van der Waals surface area contributed by atoms with E-state index in [9.17, 15) is 29.4 Å². The second-order valence-electron chi connectivity index (χ2n) is 22.3. The summed E-state index contributed by atoms with van der Waals surface area (Å²) in [4.78, 5) is 47.9. The van der Waals surface area contributed by atoms with Crippen LogP contribution < -0.4 is 5.73 Å². The highest BCUT2D eigenvalue weighted by Gasteiger charge is 2.54. The van der Waals surface area contributed by atoms with Crippen molar-refractivity contribution in [2.75, 3.05) is 33.0 Å². The molecule has 0 saturated heterocycles. The molecule has 2 aliphatic carbocycles. The summed E-state index contributed by atoms with van der Waals surface area (Å²) in [5, 5.41) is 21.8. The minimum atomic E-state index is -0.482. The van der Waals surface area contributed by atoms with Crippen LogP contribution in [0.2, 0.25) is 10.0 Å². The van der Waals surface area contributed by atoms with Crippen LogP contribution in [0.5, 0.6) is 0 Å². The van der Waals surface area contributed by atoms with Gasteiger partial charge in [0.1, 0.15) is 5.78 Å². The first kappa shape index (κ1) is 59.0. The lowest BCUT2D eigenvalue weighted by Gasteiger charge is -2.40. The number of Topliss-reactive ketones (excluding diaryl/α,β-unsaturated/α-hetero) is 1. The molecule has 0 aliphatic heterocycles. The summed E-state index contributed by atoms with van der Waals surface area (Å²) in [6.07, 6.45) is 10.7. The maximum atomic E-state index is 13.1. The summed E-state index contributed by atoms with van der Waals surface area (Å²) in [6, 6.07) is 12.5. The molecular weight excluding hydrogens is 876 g/mol. The Labute approximate surface area is 407 Å². The van der Waals surface area contributed by atoms with Crippen LogP contribution in [-0.4, -0.2) is 67.0 Å². The maximum absolute atomic E-state index is 13.1. The molecule has 0 spiro atoms. The van der Waals surface area contributed by atoms with Crippen molar-refractivity contribution >= 4 is 47.0 Å². The minimum absolute atomic E-state index is 0.0319. The predicted molar refractivity (Wildman–Crippen MR) is 268 cm³/mol. The molecule has 4 rings (SSSR count). The number of aliphatic hydroxyl groups excluding tert-OH is 2. The molecule has 12 heteroatoms. The molecule has 2 aromatic carbocycles. The highest BCUT2D eigenvalue weighted by Crippen LogP contribution is 2.57. The summed E-state index contributed by atoms with van der Waals surface area (Å²) >= 11 is 13.3. The number of halogens is 2. The monoisotopic (exact) mass is 959 g/mol. The number of nitrogens with two attached hydrogens (primary N) is 1. The summed E-state index contributed by atoms with van der Waals surface area (Å²) in [6.45, 7) is 26.7. The number of hydrogen-bond acceptors (Lipinski definition) is 10. The van der Waals surface area contributed by atoms with Gasteiger partial charge in [0.05, 0.1) is 26.2 Å². The van der Waals surface area contributed by atoms with Crippen LogP contribution in [0.25, 0.3) is 0 Å². The summed E-state index contributed by atoms with van der Waals surface area (Å²) in [5.41, 5.74) is 10.8. The van der Waals surface area contributed by atoms with Gasteiger partial charge in [-0.05, 0) is 134 Å². The fourth-order valence-electron chi connectivity index (χ4n) is 9.70. The van der Waals surface area contributed by atoms with Gasteiger partial charge in [-0.25, -0.2) is 9.79 Å². The third-order valence-corrected chi connectivity index (χ3v) is 14.6. The highest BCUT2D eigenvalue weighted by atomic mass is 35.5. The van der Waals surface area contributed by atoms with E-state index in [4.69, 9.17) is 33.7 Å². The van der Waals surface area contributed by atoms with Crippen molar-refractivity contribution in [2.45, 2.75) is 178 Å². The molecule has 372 valence electrons. The molecule has 4 atom stereocenters. The van der Waals surface area contributed by atoms with Crippen molar-refractivity contribution in [2.24, 2.45) is 44.2 Å². The van der Waals surface area contributed by atoms with E-state index < -0.39 is 11.0 Å². The molecule has 0 bridgehead atoms. The van der Waals surface area contributed by atoms with Gasteiger partial charge in [0.2, 0.25) is 6.08 Å². The van der Waals surface area contributed by atoms with E-state index in [-0.39, 0.29) is 78.4 Å². The zero-order valence-electron chi connectivity index (χ0n) is 42.5. The highest BCUT2D eigenvalue weighted by molar-refractivity contribution is 6.31. The van der Waals surface area contributed by atoms with Crippen molar-refractivity contribution < 1.29 is 38.9 Å². The van der Waals surface area contributed by atoms with Crippen LogP contribution in [0.4, 0.5) is 0 Å². The number of nitrogens with zero attached hydrogens (tertiary/aromatic N) is 1. The molecule has 0 heterocycles. The molecule has 2 saturated carbocycles. The number of aliphatic imine (C=N–C) groups is 1. The number of esters is 2. The Hall–Kier alpha value is -3.11. The summed E-state index contributed by atoms with van der Waals surface area (Å²) < 4.78 is 9.53. The van der Waals surface area contributed by atoms with Crippen molar-refractivity contribution in [3.05, 3.63) is 68.7 Å². The molecule has 10 nitrogen and oxygen atoms in total. The van der Waals surface area contributed by atoms with Crippen LogP contribution in [-0.2, 0) is 52.4 Å².